The van der Waals surface area contributed by atoms with E-state index in [2.05, 4.69) is 38.3 Å². The Labute approximate surface area is 110 Å². The molecule has 1 unspecified atom stereocenters. The van der Waals surface area contributed by atoms with E-state index in [-0.39, 0.29) is 6.04 Å². The highest BCUT2D eigenvalue weighted by atomic mass is 79.9. The van der Waals surface area contributed by atoms with Crippen LogP contribution in [0.3, 0.4) is 0 Å². The molecule has 0 amide bonds. The Morgan fingerprint density at radius 2 is 2.41 bits per heavy atom. The molecule has 1 saturated heterocycles. The van der Waals surface area contributed by atoms with E-state index in [4.69, 9.17) is 0 Å². The molecule has 0 radical (unpaired) electrons. The maximum atomic E-state index is 13.1. The number of halogens is 2. The Bertz CT molecular complexity index is 372. The third-order valence-corrected chi connectivity index (χ3v) is 3.75. The zero-order valence-electron chi connectivity index (χ0n) is 10.00. The molecular weight excluding hydrogens is 283 g/mol. The smallest absolute Gasteiger partial charge is 0.114 e. The van der Waals surface area contributed by atoms with Crippen LogP contribution in [0.4, 0.5) is 4.39 Å². The molecule has 17 heavy (non-hydrogen) atoms. The van der Waals surface area contributed by atoms with E-state index >= 15 is 0 Å². The number of likely N-dealkylation sites (N-methyl/N-ethyl adjacent to an activating group) is 1. The summed E-state index contributed by atoms with van der Waals surface area (Å²) in [6.45, 7) is 2.31. The van der Waals surface area contributed by atoms with Gasteiger partial charge in [0.2, 0.25) is 0 Å². The second-order valence-corrected chi connectivity index (χ2v) is 5.46. The first kappa shape index (κ1) is 13.0. The van der Waals surface area contributed by atoms with Crippen molar-refractivity contribution in [2.45, 2.75) is 18.6 Å². The number of rotatable bonds is 4. The highest BCUT2D eigenvalue weighted by Gasteiger charge is 2.24. The van der Waals surface area contributed by atoms with E-state index in [1.54, 1.807) is 0 Å². The summed E-state index contributed by atoms with van der Waals surface area (Å²) in [5.41, 5.74) is 1.24. The van der Waals surface area contributed by atoms with Gasteiger partial charge >= 0.3 is 0 Å². The first-order valence-electron chi connectivity index (χ1n) is 5.98. The van der Waals surface area contributed by atoms with Gasteiger partial charge in [-0.15, -0.1) is 0 Å². The second kappa shape index (κ2) is 5.94. The number of alkyl halides is 1. The molecule has 1 aromatic rings. The molecule has 1 heterocycles. The van der Waals surface area contributed by atoms with Gasteiger partial charge in [-0.2, -0.15) is 0 Å². The predicted octanol–water partition coefficient (Wildman–Crippen LogP) is 2.75. The summed E-state index contributed by atoms with van der Waals surface area (Å²) in [5, 5.41) is 3.30. The Hall–Kier alpha value is -0.450. The number of nitrogens with one attached hydrogen (secondary N) is 1. The van der Waals surface area contributed by atoms with Gasteiger partial charge in [-0.05, 0) is 31.2 Å². The zero-order chi connectivity index (χ0) is 12.3. The fraction of sp³-hybridized carbons (Fsp3) is 0.538. The van der Waals surface area contributed by atoms with E-state index in [9.17, 15) is 4.39 Å². The topological polar surface area (TPSA) is 15.3 Å². The molecule has 4 heteroatoms. The highest BCUT2D eigenvalue weighted by Crippen LogP contribution is 2.21. The van der Waals surface area contributed by atoms with Crippen LogP contribution in [0, 0.1) is 0 Å². The molecule has 0 aromatic heterocycles. The van der Waals surface area contributed by atoms with E-state index in [0.717, 1.165) is 17.6 Å². The third kappa shape index (κ3) is 3.50. The third-order valence-electron chi connectivity index (χ3n) is 3.26. The first-order chi connectivity index (χ1) is 8.19. The summed E-state index contributed by atoms with van der Waals surface area (Å²) in [4.78, 5) is 2.19. The highest BCUT2D eigenvalue weighted by molar-refractivity contribution is 9.10. The maximum absolute atomic E-state index is 13.1. The Morgan fingerprint density at radius 1 is 1.59 bits per heavy atom. The number of benzene rings is 1. The van der Waals surface area contributed by atoms with Gasteiger partial charge < -0.3 is 5.32 Å². The Kier molecular flexibility index (Phi) is 4.54. The zero-order valence-corrected chi connectivity index (χ0v) is 11.6. The van der Waals surface area contributed by atoms with Gasteiger partial charge in [-0.3, -0.25) is 4.90 Å². The van der Waals surface area contributed by atoms with E-state index in [1.165, 1.54) is 5.56 Å². The molecule has 1 N–H and O–H groups in total. The fourth-order valence-corrected chi connectivity index (χ4v) is 2.71. The quantitative estimate of drug-likeness (QED) is 0.920. The van der Waals surface area contributed by atoms with Crippen LogP contribution >= 0.6 is 15.9 Å². The van der Waals surface area contributed by atoms with Gasteiger partial charge in [-0.1, -0.05) is 28.1 Å². The van der Waals surface area contributed by atoms with Crippen molar-refractivity contribution in [1.29, 1.82) is 0 Å². The number of hydrogen-bond donors (Lipinski definition) is 1. The van der Waals surface area contributed by atoms with Gasteiger partial charge in [0.05, 0.1) is 0 Å². The lowest BCUT2D eigenvalue weighted by molar-refractivity contribution is 0.265. The van der Waals surface area contributed by atoms with Gasteiger partial charge in [0.15, 0.2) is 0 Å². The van der Waals surface area contributed by atoms with Gasteiger partial charge in [0.25, 0.3) is 0 Å². The van der Waals surface area contributed by atoms with Crippen LogP contribution in [-0.2, 0) is 0 Å². The summed E-state index contributed by atoms with van der Waals surface area (Å²) < 4.78 is 14.2. The molecule has 1 aromatic carbocycles. The molecule has 1 aliphatic heterocycles. The van der Waals surface area contributed by atoms with Crippen molar-refractivity contribution in [1.82, 2.24) is 10.2 Å². The summed E-state index contributed by atoms with van der Waals surface area (Å²) in [7, 11) is 1.95. The Balaban J connectivity index is 2.01. The second-order valence-electron chi connectivity index (χ2n) is 4.54. The van der Waals surface area contributed by atoms with Crippen LogP contribution < -0.4 is 5.32 Å². The molecule has 0 saturated carbocycles. The normalized spacial score (nSPS) is 22.9. The molecular formula is C13H18BrFN2. The van der Waals surface area contributed by atoms with Gasteiger partial charge in [-0.25, -0.2) is 4.39 Å². The average Bonchev–Trinajstić information content (AvgIpc) is 2.72. The van der Waals surface area contributed by atoms with E-state index in [0.29, 0.717) is 13.0 Å². The van der Waals surface area contributed by atoms with Crippen molar-refractivity contribution in [3.05, 3.63) is 34.3 Å². The van der Waals surface area contributed by atoms with Crippen LogP contribution in [0.5, 0.6) is 0 Å². The van der Waals surface area contributed by atoms with Crippen LogP contribution in [0.2, 0.25) is 0 Å². The van der Waals surface area contributed by atoms with E-state index in [1.807, 2.05) is 19.2 Å². The molecule has 0 bridgehead atoms. The van der Waals surface area contributed by atoms with Crippen LogP contribution in [0.15, 0.2) is 28.7 Å². The van der Waals surface area contributed by atoms with Crippen LogP contribution in [0.1, 0.15) is 18.0 Å². The largest absolute Gasteiger partial charge is 0.312 e. The lowest BCUT2D eigenvalue weighted by Gasteiger charge is -2.23. The number of hydrogen-bond acceptors (Lipinski definition) is 2. The first-order valence-corrected chi connectivity index (χ1v) is 6.77. The van der Waals surface area contributed by atoms with Crippen molar-refractivity contribution in [3.8, 4) is 0 Å². The van der Waals surface area contributed by atoms with Crippen molar-refractivity contribution in [2.24, 2.45) is 0 Å². The number of likely N-dealkylation sites (tertiary alicyclic amines) is 1. The van der Waals surface area contributed by atoms with Crippen molar-refractivity contribution in [2.75, 3.05) is 26.7 Å². The van der Waals surface area contributed by atoms with Gasteiger partial charge in [0.1, 0.15) is 6.17 Å². The lowest BCUT2D eigenvalue weighted by atomic mass is 10.1. The van der Waals surface area contributed by atoms with Crippen LogP contribution in [-0.4, -0.2) is 37.8 Å². The maximum Gasteiger partial charge on any atom is 0.114 e. The summed E-state index contributed by atoms with van der Waals surface area (Å²) in [6, 6.07) is 8.53. The SMILES string of the molecule is CN[C@H](CN1CCC(F)C1)c1cccc(Br)c1. The molecule has 1 aliphatic rings. The predicted molar refractivity (Wildman–Crippen MR) is 71.9 cm³/mol. The minimum atomic E-state index is -0.644. The summed E-state index contributed by atoms with van der Waals surface area (Å²) in [6.07, 6.45) is 0.0320. The average molecular weight is 301 g/mol. The Morgan fingerprint density at radius 3 is 3.00 bits per heavy atom. The molecule has 2 rings (SSSR count). The monoisotopic (exact) mass is 300 g/mol. The summed E-state index contributed by atoms with van der Waals surface area (Å²) >= 11 is 3.48. The van der Waals surface area contributed by atoms with Crippen molar-refractivity contribution >= 4 is 15.9 Å². The summed E-state index contributed by atoms with van der Waals surface area (Å²) in [5.74, 6) is 0. The fourth-order valence-electron chi connectivity index (χ4n) is 2.30. The lowest BCUT2D eigenvalue weighted by Crippen LogP contribution is -2.32. The standard InChI is InChI=1S/C13H18BrFN2/c1-16-13(9-17-6-5-12(15)8-17)10-3-2-4-11(14)7-10/h2-4,7,12-13,16H,5-6,8-9H2,1H3/t12?,13-/m1/s1. The molecule has 1 fully saturated rings. The molecule has 2 atom stereocenters. The number of nitrogens with zero attached hydrogens (tertiary/aromatic N) is 1. The minimum Gasteiger partial charge on any atom is -0.312 e. The molecule has 0 aliphatic carbocycles. The molecule has 2 nitrogen and oxygen atoms in total. The van der Waals surface area contributed by atoms with E-state index < -0.39 is 6.17 Å². The van der Waals surface area contributed by atoms with Crippen molar-refractivity contribution < 1.29 is 4.39 Å². The molecule has 0 spiro atoms. The van der Waals surface area contributed by atoms with Crippen LogP contribution in [0.25, 0.3) is 0 Å². The van der Waals surface area contributed by atoms with Gasteiger partial charge in [0, 0.05) is 30.1 Å². The van der Waals surface area contributed by atoms with Crippen molar-refractivity contribution in [3.63, 3.8) is 0 Å². The minimum absolute atomic E-state index is 0.262. The molecule has 94 valence electrons.